The molecule has 432 valence electrons. The first kappa shape index (κ1) is 64.6. The van der Waals surface area contributed by atoms with Crippen molar-refractivity contribution >= 4 is 90.0 Å². The number of hydrogen-bond acceptors (Lipinski definition) is 14. The average Bonchev–Trinajstić information content (AvgIpc) is 3.50. The fourth-order valence-corrected chi connectivity index (χ4v) is 11.5. The monoisotopic (exact) mass is 1240 g/mol. The Morgan fingerprint density at radius 2 is 0.940 bits per heavy atom. The van der Waals surface area contributed by atoms with Crippen molar-refractivity contribution in [3.05, 3.63) is 269 Å². The quantitative estimate of drug-likeness (QED) is 0.0306. The highest BCUT2D eigenvalue weighted by atomic mass is 35.5. The van der Waals surface area contributed by atoms with Crippen LogP contribution in [0.25, 0.3) is 0 Å². The number of rotatable bonds is 23. The van der Waals surface area contributed by atoms with Crippen LogP contribution in [0.4, 0.5) is 20.2 Å². The Morgan fingerprint density at radius 3 is 1.34 bits per heavy atom. The number of halogens is 4. The Hall–Kier alpha value is -7.58. The summed E-state index contributed by atoms with van der Waals surface area (Å²) in [5, 5.41) is 35.5. The fourth-order valence-electron chi connectivity index (χ4n) is 7.69. The van der Waals surface area contributed by atoms with E-state index in [1.54, 1.807) is 72.1 Å². The Kier molecular flexibility index (Phi) is 24.3. The molecule has 1 amide bonds. The van der Waals surface area contributed by atoms with Crippen LogP contribution in [0.15, 0.2) is 214 Å². The molecule has 0 spiro atoms. The summed E-state index contributed by atoms with van der Waals surface area (Å²) >= 11 is 15.9. The van der Waals surface area contributed by atoms with Gasteiger partial charge in [0.25, 0.3) is 27.3 Å². The number of nitrogens with two attached hydrogens (primary N) is 1. The number of thioether (sulfide) groups is 2. The van der Waals surface area contributed by atoms with Crippen LogP contribution in [0.5, 0.6) is 0 Å². The number of nitrogens with zero attached hydrogens (tertiary/aromatic N) is 4. The lowest BCUT2D eigenvalue weighted by molar-refractivity contribution is -0.385. The van der Waals surface area contributed by atoms with Crippen LogP contribution in [-0.4, -0.2) is 78.1 Å². The molecule has 8 rings (SSSR count). The molecule has 0 radical (unpaired) electrons. The maximum Gasteiger partial charge on any atom is 0.335 e. The molecule has 25 heteroatoms. The van der Waals surface area contributed by atoms with E-state index in [-0.39, 0.29) is 44.7 Å². The number of hydrogen-bond donors (Lipinski definition) is 3. The molecule has 17 nitrogen and oxygen atoms in total. The lowest BCUT2D eigenvalue weighted by atomic mass is 10.1. The van der Waals surface area contributed by atoms with E-state index in [0.29, 0.717) is 53.9 Å². The molecule has 0 aliphatic carbocycles. The molecule has 0 bridgehead atoms. The molecule has 8 aromatic carbocycles. The Morgan fingerprint density at radius 1 is 0.542 bits per heavy atom. The third-order valence-electron chi connectivity index (χ3n) is 11.9. The van der Waals surface area contributed by atoms with Crippen LogP contribution in [0.1, 0.15) is 43.0 Å². The van der Waals surface area contributed by atoms with E-state index < -0.39 is 47.6 Å². The van der Waals surface area contributed by atoms with E-state index in [0.717, 1.165) is 39.7 Å². The number of aromatic carboxylic acids is 1. The van der Waals surface area contributed by atoms with Gasteiger partial charge in [-0.1, -0.05) is 108 Å². The molecule has 0 unspecified atom stereocenters. The number of nitro groups is 2. The largest absolute Gasteiger partial charge is 0.478 e. The van der Waals surface area contributed by atoms with Gasteiger partial charge in [0.2, 0.25) is 10.0 Å². The van der Waals surface area contributed by atoms with E-state index in [1.807, 2.05) is 58.2 Å². The Labute approximate surface area is 496 Å². The summed E-state index contributed by atoms with van der Waals surface area (Å²) in [4.78, 5) is 49.0. The first-order valence-electron chi connectivity index (χ1n) is 24.7. The predicted molar refractivity (Wildman–Crippen MR) is 317 cm³/mol. The molecule has 8 aromatic rings. The molecule has 0 fully saturated rings. The summed E-state index contributed by atoms with van der Waals surface area (Å²) in [6, 6.07) is 51.2. The number of benzene rings is 8. The van der Waals surface area contributed by atoms with Crippen molar-refractivity contribution in [1.29, 1.82) is 0 Å². The summed E-state index contributed by atoms with van der Waals surface area (Å²) in [7, 11) is -7.98. The van der Waals surface area contributed by atoms with Crippen molar-refractivity contribution in [3.8, 4) is 0 Å². The van der Waals surface area contributed by atoms with Crippen LogP contribution in [0.2, 0.25) is 10.0 Å². The third-order valence-corrected chi connectivity index (χ3v) is 16.8. The molecule has 0 saturated heterocycles. The third kappa shape index (κ3) is 20.7. The number of carbonyl (C=O) groups excluding carboxylic acids is 1. The van der Waals surface area contributed by atoms with Gasteiger partial charge in [-0.05, 0) is 96.1 Å². The van der Waals surface area contributed by atoms with Gasteiger partial charge in [-0.2, -0.15) is 0 Å². The van der Waals surface area contributed by atoms with Crippen LogP contribution < -0.4 is 9.86 Å². The van der Waals surface area contributed by atoms with Crippen molar-refractivity contribution in [2.75, 3.05) is 24.6 Å². The van der Waals surface area contributed by atoms with Crippen LogP contribution in [0.3, 0.4) is 0 Å². The van der Waals surface area contributed by atoms with Crippen molar-refractivity contribution in [3.63, 3.8) is 0 Å². The van der Waals surface area contributed by atoms with Gasteiger partial charge >= 0.3 is 5.97 Å². The second-order valence-corrected chi connectivity index (χ2v) is 24.2. The number of carboxylic acid groups (broad SMARTS) is 1. The van der Waals surface area contributed by atoms with Gasteiger partial charge in [0.15, 0.2) is 0 Å². The van der Waals surface area contributed by atoms with E-state index >= 15 is 0 Å². The molecular weight excluding hydrogens is 1190 g/mol. The normalized spacial score (nSPS) is 11.2. The lowest BCUT2D eigenvalue weighted by Gasteiger charge is -2.23. The molecule has 0 heterocycles. The Bertz CT molecular complexity index is 3680. The molecule has 83 heavy (non-hydrogen) atoms. The average molecular weight is 1250 g/mol. The molecule has 0 aliphatic rings. The number of nitro benzene ring substituents is 2. The topological polar surface area (TPSA) is 253 Å². The van der Waals surface area contributed by atoms with Crippen molar-refractivity contribution in [1.82, 2.24) is 14.5 Å². The summed E-state index contributed by atoms with van der Waals surface area (Å²) in [5.74, 6) is -1.36. The Balaban J connectivity index is 0.000000229. The van der Waals surface area contributed by atoms with E-state index in [1.165, 1.54) is 77.7 Å². The minimum atomic E-state index is -4.24. The van der Waals surface area contributed by atoms with Gasteiger partial charge in [-0.15, -0.1) is 23.5 Å². The van der Waals surface area contributed by atoms with Gasteiger partial charge in [0.1, 0.15) is 11.6 Å². The summed E-state index contributed by atoms with van der Waals surface area (Å²) in [6.45, 7) is 2.80. The van der Waals surface area contributed by atoms with Gasteiger partial charge in [-0.25, -0.2) is 40.3 Å². The number of nitrogens with one attached hydrogen (secondary N) is 1. The number of carboxylic acids is 1. The minimum Gasteiger partial charge on any atom is -0.478 e. The summed E-state index contributed by atoms with van der Waals surface area (Å²) in [6.07, 6.45) is 0. The number of primary sulfonamides is 1. The molecular formula is C58H52Cl2F2N6O11S4. The molecule has 0 aromatic heterocycles. The number of sulfonamides is 2. The predicted octanol–water partition coefficient (Wildman–Crippen LogP) is 12.5. The standard InChI is InChI=1S/C29H25ClFN3O5S2.C22H22ClFN2O2S2.C7H5NO4/c30-27-10-5-11-28(31)26(27)20-33(16-17-40-24-8-2-1-3-9-24)19-21-12-14-25(15-13-21)41(38,39)32-29(35)22-6-4-7-23(18-22)34(36)37;23-21-7-4-8-22(24)20(21)16-26(13-14-29-18-5-2-1-3-6-18)15-17-9-11-19(12-10-17)30(25,27)28;9-7(10)5-2-1-3-6(4-5)8(11)12/h1-15,18H,16-17,19-20H2,(H,32,35);1-12H,13-16H2,(H2,25,27,28);1-4H,(H,9,10). The van der Waals surface area contributed by atoms with E-state index in [9.17, 15) is 55.4 Å². The second-order valence-electron chi connectivity index (χ2n) is 17.8. The first-order chi connectivity index (χ1) is 39.6. The second kappa shape index (κ2) is 31.2. The van der Waals surface area contributed by atoms with Crippen molar-refractivity contribution < 1.29 is 50.2 Å². The number of amides is 1. The molecule has 0 aliphatic heterocycles. The zero-order chi connectivity index (χ0) is 60.1. The zero-order valence-electron chi connectivity index (χ0n) is 43.7. The van der Waals surface area contributed by atoms with Crippen LogP contribution in [-0.2, 0) is 46.2 Å². The van der Waals surface area contributed by atoms with Gasteiger partial charge in [-0.3, -0.25) is 34.8 Å². The molecule has 0 atom stereocenters. The van der Waals surface area contributed by atoms with E-state index in [2.05, 4.69) is 17.0 Å². The van der Waals surface area contributed by atoms with Gasteiger partial charge in [0, 0.05) is 112 Å². The summed E-state index contributed by atoms with van der Waals surface area (Å²) < 4.78 is 79.4. The lowest BCUT2D eigenvalue weighted by Crippen LogP contribution is -2.30. The maximum absolute atomic E-state index is 14.6. The number of non-ortho nitro benzene ring substituents is 2. The van der Waals surface area contributed by atoms with Crippen molar-refractivity contribution in [2.45, 2.75) is 45.8 Å². The molecule has 4 N–H and O–H groups in total. The minimum absolute atomic E-state index is 0.0644. The smallest absolute Gasteiger partial charge is 0.335 e. The van der Waals surface area contributed by atoms with Crippen LogP contribution in [0, 0.1) is 31.9 Å². The SMILES string of the molecule is NS(=O)(=O)c1ccc(CN(CCSc2ccccc2)Cc2c(F)cccc2Cl)cc1.O=C(NS(=O)(=O)c1ccc(CN(CCSc2ccccc2)Cc2c(F)cccc2Cl)cc1)c1cccc([N+](=O)[O-])c1.O=C(O)c1cccc([N+](=O)[O-])c1. The first-order valence-corrected chi connectivity index (χ1v) is 30.5. The maximum atomic E-state index is 14.6. The van der Waals surface area contributed by atoms with E-state index in [4.69, 9.17) is 33.4 Å². The highest BCUT2D eigenvalue weighted by molar-refractivity contribution is 7.99. The fraction of sp³-hybridized carbons (Fsp3) is 0.138. The molecule has 0 saturated carbocycles. The summed E-state index contributed by atoms with van der Waals surface area (Å²) in [5.41, 5.74) is 1.72. The van der Waals surface area contributed by atoms with Gasteiger partial charge in [0.05, 0.1) is 25.2 Å². The highest BCUT2D eigenvalue weighted by Crippen LogP contribution is 2.26. The highest BCUT2D eigenvalue weighted by Gasteiger charge is 2.22. The zero-order valence-corrected chi connectivity index (χ0v) is 48.5. The number of carbonyl (C=O) groups is 2. The van der Waals surface area contributed by atoms with Gasteiger partial charge < -0.3 is 5.11 Å². The van der Waals surface area contributed by atoms with Crippen LogP contribution >= 0.6 is 46.7 Å². The van der Waals surface area contributed by atoms with Crippen molar-refractivity contribution in [2.24, 2.45) is 5.14 Å².